The highest BCUT2D eigenvalue weighted by Crippen LogP contribution is 2.31. The minimum Gasteiger partial charge on any atom is -0.493 e. The van der Waals surface area contributed by atoms with Crippen molar-refractivity contribution in [1.29, 1.82) is 0 Å². The van der Waals surface area contributed by atoms with E-state index in [-0.39, 0.29) is 24.6 Å². The Bertz CT molecular complexity index is 979. The molecule has 8 nitrogen and oxygen atoms in total. The number of aromatic nitrogens is 2. The number of hydrogen-bond donors (Lipinski definition) is 1. The van der Waals surface area contributed by atoms with Gasteiger partial charge in [-0.2, -0.15) is 5.10 Å². The van der Waals surface area contributed by atoms with E-state index in [0.29, 0.717) is 23.0 Å². The topological polar surface area (TPSA) is 95.6 Å². The Morgan fingerprint density at radius 3 is 2.67 bits per heavy atom. The molecule has 0 aliphatic heterocycles. The maximum atomic E-state index is 12.1. The van der Waals surface area contributed by atoms with Crippen LogP contribution in [0.2, 0.25) is 0 Å². The Kier molecular flexibility index (Phi) is 5.55. The third-order valence-corrected chi connectivity index (χ3v) is 3.88. The maximum Gasteiger partial charge on any atom is 0.267 e. The van der Waals surface area contributed by atoms with E-state index in [1.807, 2.05) is 0 Å². The van der Waals surface area contributed by atoms with Crippen LogP contribution in [0.1, 0.15) is 5.76 Å². The fourth-order valence-electron chi connectivity index (χ4n) is 2.50. The fourth-order valence-corrected chi connectivity index (χ4v) is 2.50. The first kappa shape index (κ1) is 18.2. The van der Waals surface area contributed by atoms with E-state index in [0.717, 1.165) is 10.2 Å². The average molecular weight is 369 g/mol. The SMILES string of the molecule is COc1ccc(-c2ccc(=O)n(CC(=O)NCc3ccco3)n2)cc1OC. The summed E-state index contributed by atoms with van der Waals surface area (Å²) in [7, 11) is 3.09. The Morgan fingerprint density at radius 2 is 1.96 bits per heavy atom. The molecule has 8 heteroatoms. The van der Waals surface area contributed by atoms with Crippen LogP contribution in [-0.4, -0.2) is 29.9 Å². The van der Waals surface area contributed by atoms with E-state index < -0.39 is 0 Å². The molecule has 2 aromatic heterocycles. The van der Waals surface area contributed by atoms with Gasteiger partial charge in [0.2, 0.25) is 5.91 Å². The summed E-state index contributed by atoms with van der Waals surface area (Å²) in [4.78, 5) is 24.2. The molecular weight excluding hydrogens is 350 g/mol. The minimum atomic E-state index is -0.368. The molecule has 0 aliphatic rings. The summed E-state index contributed by atoms with van der Waals surface area (Å²) in [6.07, 6.45) is 1.53. The van der Waals surface area contributed by atoms with Gasteiger partial charge in [-0.1, -0.05) is 0 Å². The van der Waals surface area contributed by atoms with Crippen LogP contribution in [0.5, 0.6) is 11.5 Å². The molecular formula is C19H19N3O5. The number of nitrogens with one attached hydrogen (secondary N) is 1. The molecule has 0 fully saturated rings. The Morgan fingerprint density at radius 1 is 1.15 bits per heavy atom. The molecule has 0 saturated heterocycles. The normalized spacial score (nSPS) is 10.4. The number of nitrogens with zero attached hydrogens (tertiary/aromatic N) is 2. The van der Waals surface area contributed by atoms with Crippen LogP contribution in [0, 0.1) is 0 Å². The van der Waals surface area contributed by atoms with Crippen molar-refractivity contribution in [2.45, 2.75) is 13.1 Å². The van der Waals surface area contributed by atoms with Gasteiger partial charge < -0.3 is 19.2 Å². The molecule has 1 amide bonds. The highest BCUT2D eigenvalue weighted by atomic mass is 16.5. The molecule has 0 spiro atoms. The minimum absolute atomic E-state index is 0.194. The van der Waals surface area contributed by atoms with Crippen LogP contribution in [0.25, 0.3) is 11.3 Å². The lowest BCUT2D eigenvalue weighted by Crippen LogP contribution is -2.33. The van der Waals surface area contributed by atoms with Gasteiger partial charge in [0, 0.05) is 11.6 Å². The van der Waals surface area contributed by atoms with Crippen molar-refractivity contribution < 1.29 is 18.7 Å². The molecule has 0 unspecified atom stereocenters. The van der Waals surface area contributed by atoms with Crippen LogP contribution >= 0.6 is 0 Å². The third-order valence-electron chi connectivity index (χ3n) is 3.88. The van der Waals surface area contributed by atoms with Gasteiger partial charge in [-0.15, -0.1) is 0 Å². The molecule has 0 saturated carbocycles. The summed E-state index contributed by atoms with van der Waals surface area (Å²) >= 11 is 0. The summed E-state index contributed by atoms with van der Waals surface area (Å²) < 4.78 is 16.8. The van der Waals surface area contributed by atoms with Crippen molar-refractivity contribution in [2.75, 3.05) is 14.2 Å². The molecule has 1 N–H and O–H groups in total. The number of furan rings is 1. The third kappa shape index (κ3) is 4.35. The first-order valence-corrected chi connectivity index (χ1v) is 8.20. The molecule has 27 heavy (non-hydrogen) atoms. The molecule has 140 valence electrons. The number of amides is 1. The van der Waals surface area contributed by atoms with Crippen LogP contribution in [-0.2, 0) is 17.9 Å². The molecule has 0 radical (unpaired) electrons. The predicted octanol–water partition coefficient (Wildman–Crippen LogP) is 1.84. The van der Waals surface area contributed by atoms with Gasteiger partial charge in [0.15, 0.2) is 11.5 Å². The molecule has 3 rings (SSSR count). The predicted molar refractivity (Wildman–Crippen MR) is 97.6 cm³/mol. The highest BCUT2D eigenvalue weighted by Gasteiger charge is 2.11. The Hall–Kier alpha value is -3.55. The summed E-state index contributed by atoms with van der Waals surface area (Å²) in [5.74, 6) is 1.42. The van der Waals surface area contributed by atoms with Gasteiger partial charge >= 0.3 is 0 Å². The zero-order valence-corrected chi connectivity index (χ0v) is 15.0. The zero-order valence-electron chi connectivity index (χ0n) is 15.0. The second-order valence-corrected chi connectivity index (χ2v) is 5.64. The van der Waals surface area contributed by atoms with Crippen LogP contribution < -0.4 is 20.3 Å². The van der Waals surface area contributed by atoms with E-state index in [4.69, 9.17) is 13.9 Å². The first-order chi connectivity index (χ1) is 13.1. The molecule has 2 heterocycles. The summed E-state index contributed by atoms with van der Waals surface area (Å²) in [5.41, 5.74) is 0.902. The largest absolute Gasteiger partial charge is 0.493 e. The number of ether oxygens (including phenoxy) is 2. The molecule has 0 bridgehead atoms. The van der Waals surface area contributed by atoms with E-state index in [1.165, 1.54) is 12.3 Å². The van der Waals surface area contributed by atoms with E-state index >= 15 is 0 Å². The van der Waals surface area contributed by atoms with E-state index in [9.17, 15) is 9.59 Å². The van der Waals surface area contributed by atoms with Gasteiger partial charge in [-0.05, 0) is 36.4 Å². The van der Waals surface area contributed by atoms with Gasteiger partial charge in [0.25, 0.3) is 5.56 Å². The van der Waals surface area contributed by atoms with E-state index in [2.05, 4.69) is 10.4 Å². The van der Waals surface area contributed by atoms with Crippen molar-refractivity contribution in [1.82, 2.24) is 15.1 Å². The van der Waals surface area contributed by atoms with Gasteiger partial charge in [-0.25, -0.2) is 4.68 Å². The first-order valence-electron chi connectivity index (χ1n) is 8.20. The lowest BCUT2D eigenvalue weighted by Gasteiger charge is -2.10. The van der Waals surface area contributed by atoms with Crippen molar-refractivity contribution in [3.05, 3.63) is 64.8 Å². The Balaban J connectivity index is 1.78. The number of methoxy groups -OCH3 is 2. The average Bonchev–Trinajstić information content (AvgIpc) is 3.21. The van der Waals surface area contributed by atoms with Crippen molar-refractivity contribution in [3.8, 4) is 22.8 Å². The summed E-state index contributed by atoms with van der Waals surface area (Å²) in [5, 5.41) is 6.97. The molecule has 1 aromatic carbocycles. The molecule has 0 atom stereocenters. The number of rotatable bonds is 7. The highest BCUT2D eigenvalue weighted by molar-refractivity contribution is 5.75. The van der Waals surface area contributed by atoms with Crippen LogP contribution in [0.3, 0.4) is 0 Å². The molecule has 3 aromatic rings. The monoisotopic (exact) mass is 369 g/mol. The second kappa shape index (κ2) is 8.22. The summed E-state index contributed by atoms with van der Waals surface area (Å²) in [6, 6.07) is 11.8. The van der Waals surface area contributed by atoms with E-state index in [1.54, 1.807) is 50.6 Å². The van der Waals surface area contributed by atoms with Crippen molar-refractivity contribution in [3.63, 3.8) is 0 Å². The molecule has 0 aliphatic carbocycles. The number of benzene rings is 1. The second-order valence-electron chi connectivity index (χ2n) is 5.64. The van der Waals surface area contributed by atoms with Crippen molar-refractivity contribution in [2.24, 2.45) is 0 Å². The van der Waals surface area contributed by atoms with Gasteiger partial charge in [-0.3, -0.25) is 9.59 Å². The lowest BCUT2D eigenvalue weighted by atomic mass is 10.1. The Labute approximate surface area is 155 Å². The van der Waals surface area contributed by atoms with Crippen LogP contribution in [0.15, 0.2) is 57.9 Å². The van der Waals surface area contributed by atoms with Crippen molar-refractivity contribution >= 4 is 5.91 Å². The summed E-state index contributed by atoms with van der Waals surface area (Å²) in [6.45, 7) is 0.0522. The number of carbonyl (C=O) groups excluding carboxylic acids is 1. The fraction of sp³-hybridized carbons (Fsp3) is 0.211. The quantitative estimate of drug-likeness (QED) is 0.683. The van der Waals surface area contributed by atoms with Gasteiger partial charge in [0.1, 0.15) is 12.3 Å². The van der Waals surface area contributed by atoms with Crippen LogP contribution in [0.4, 0.5) is 0 Å². The lowest BCUT2D eigenvalue weighted by molar-refractivity contribution is -0.122. The van der Waals surface area contributed by atoms with Gasteiger partial charge in [0.05, 0.1) is 32.7 Å². The standard InChI is InChI=1S/C19H19N3O5/c1-25-16-7-5-13(10-17(16)26-2)15-6-8-19(24)22(21-15)12-18(23)20-11-14-4-3-9-27-14/h3-10H,11-12H2,1-2H3,(H,20,23). The smallest absolute Gasteiger partial charge is 0.267 e. The number of hydrogen-bond acceptors (Lipinski definition) is 6. The zero-order chi connectivity index (χ0) is 19.2. The number of carbonyl (C=O) groups is 1. The maximum absolute atomic E-state index is 12.1.